The number of hydrogen-bond acceptors (Lipinski definition) is 3. The van der Waals surface area contributed by atoms with Crippen LogP contribution in [0.5, 0.6) is 5.75 Å². The molecular formula is C17H20Cl2N2O. The summed E-state index contributed by atoms with van der Waals surface area (Å²) in [6.07, 6.45) is 1.00. The second-order valence-electron chi connectivity index (χ2n) is 4.83. The number of hydrogen-bond donors (Lipinski definition) is 2. The molecule has 0 aromatic heterocycles. The Bertz CT molecular complexity index is 605. The molecule has 0 aliphatic carbocycles. The lowest BCUT2D eigenvalue weighted by Gasteiger charge is -2.12. The lowest BCUT2D eigenvalue weighted by atomic mass is 10.3. The van der Waals surface area contributed by atoms with E-state index in [2.05, 4.69) is 17.6 Å². The first kappa shape index (κ1) is 16.8. The highest BCUT2D eigenvalue weighted by Gasteiger charge is 2.03. The van der Waals surface area contributed by atoms with E-state index >= 15 is 0 Å². The van der Waals surface area contributed by atoms with Gasteiger partial charge in [0.1, 0.15) is 5.75 Å². The van der Waals surface area contributed by atoms with Gasteiger partial charge in [-0.3, -0.25) is 0 Å². The van der Waals surface area contributed by atoms with Gasteiger partial charge in [-0.1, -0.05) is 42.3 Å². The Morgan fingerprint density at radius 1 is 1.00 bits per heavy atom. The molecule has 5 heteroatoms. The topological polar surface area (TPSA) is 33.3 Å². The highest BCUT2D eigenvalue weighted by molar-refractivity contribution is 6.43. The fourth-order valence-electron chi connectivity index (χ4n) is 1.96. The summed E-state index contributed by atoms with van der Waals surface area (Å²) in [5.41, 5.74) is 1.88. The SMILES string of the molecule is CCCOc1cccc(NCCNc2cccc(Cl)c2Cl)c1. The maximum absolute atomic E-state index is 6.13. The van der Waals surface area contributed by atoms with Crippen LogP contribution in [0, 0.1) is 0 Å². The van der Waals surface area contributed by atoms with E-state index in [0.717, 1.165) is 43.2 Å². The molecule has 0 heterocycles. The van der Waals surface area contributed by atoms with Crippen molar-refractivity contribution in [1.82, 2.24) is 0 Å². The summed E-state index contributed by atoms with van der Waals surface area (Å²) < 4.78 is 5.61. The lowest BCUT2D eigenvalue weighted by Crippen LogP contribution is -2.13. The highest BCUT2D eigenvalue weighted by atomic mass is 35.5. The van der Waals surface area contributed by atoms with Gasteiger partial charge in [0.2, 0.25) is 0 Å². The van der Waals surface area contributed by atoms with Gasteiger partial charge in [0, 0.05) is 24.8 Å². The molecule has 22 heavy (non-hydrogen) atoms. The molecular weight excluding hydrogens is 319 g/mol. The van der Waals surface area contributed by atoms with Crippen molar-refractivity contribution in [2.45, 2.75) is 13.3 Å². The first-order chi connectivity index (χ1) is 10.7. The first-order valence-corrected chi connectivity index (χ1v) is 8.11. The number of rotatable bonds is 8. The standard InChI is InChI=1S/C17H20Cl2N2O/c1-2-11-22-14-6-3-5-13(12-14)20-9-10-21-16-8-4-7-15(18)17(16)19/h3-8,12,20-21H,2,9-11H2,1H3. The van der Waals surface area contributed by atoms with Crippen LogP contribution in [0.4, 0.5) is 11.4 Å². The third-order valence-corrected chi connectivity index (χ3v) is 3.85. The van der Waals surface area contributed by atoms with Gasteiger partial charge in [0.25, 0.3) is 0 Å². The molecule has 0 saturated heterocycles. The summed E-state index contributed by atoms with van der Waals surface area (Å²) in [7, 11) is 0. The number of anilines is 2. The second-order valence-corrected chi connectivity index (χ2v) is 5.62. The van der Waals surface area contributed by atoms with E-state index in [1.54, 1.807) is 6.07 Å². The Kier molecular flexibility index (Phi) is 6.69. The second kappa shape index (κ2) is 8.76. The van der Waals surface area contributed by atoms with Crippen LogP contribution in [0.3, 0.4) is 0 Å². The van der Waals surface area contributed by atoms with Crippen LogP contribution in [0.15, 0.2) is 42.5 Å². The molecule has 0 fully saturated rings. The van der Waals surface area contributed by atoms with Gasteiger partial charge in [-0.15, -0.1) is 0 Å². The van der Waals surface area contributed by atoms with E-state index in [9.17, 15) is 0 Å². The number of halogens is 2. The van der Waals surface area contributed by atoms with Crippen LogP contribution in [0.1, 0.15) is 13.3 Å². The molecule has 3 nitrogen and oxygen atoms in total. The monoisotopic (exact) mass is 338 g/mol. The van der Waals surface area contributed by atoms with Gasteiger partial charge < -0.3 is 15.4 Å². The number of ether oxygens (including phenoxy) is 1. The molecule has 2 aromatic carbocycles. The van der Waals surface area contributed by atoms with Crippen molar-refractivity contribution in [2.75, 3.05) is 30.3 Å². The third-order valence-electron chi connectivity index (χ3n) is 3.03. The van der Waals surface area contributed by atoms with E-state index < -0.39 is 0 Å². The quantitative estimate of drug-likeness (QED) is 0.640. The van der Waals surface area contributed by atoms with Crippen molar-refractivity contribution in [3.05, 3.63) is 52.5 Å². The van der Waals surface area contributed by atoms with Gasteiger partial charge in [-0.05, 0) is 30.7 Å². The van der Waals surface area contributed by atoms with Gasteiger partial charge in [-0.25, -0.2) is 0 Å². The van der Waals surface area contributed by atoms with E-state index in [0.29, 0.717) is 10.0 Å². The molecule has 2 rings (SSSR count). The molecule has 0 unspecified atom stereocenters. The Morgan fingerprint density at radius 3 is 2.59 bits per heavy atom. The molecule has 0 aliphatic heterocycles. The van der Waals surface area contributed by atoms with Crippen molar-refractivity contribution in [2.24, 2.45) is 0 Å². The molecule has 0 saturated carbocycles. The maximum Gasteiger partial charge on any atom is 0.121 e. The summed E-state index contributed by atoms with van der Waals surface area (Å²) >= 11 is 12.1. The fourth-order valence-corrected chi connectivity index (χ4v) is 2.33. The largest absolute Gasteiger partial charge is 0.494 e. The Labute approximate surface area is 141 Å². The maximum atomic E-state index is 6.13. The molecule has 2 N–H and O–H groups in total. The third kappa shape index (κ3) is 5.00. The molecule has 118 valence electrons. The van der Waals surface area contributed by atoms with E-state index in [1.807, 2.05) is 36.4 Å². The fraction of sp³-hybridized carbons (Fsp3) is 0.294. The minimum absolute atomic E-state index is 0.555. The molecule has 0 spiro atoms. The molecule has 2 aromatic rings. The molecule has 0 bridgehead atoms. The molecule has 0 aliphatic rings. The summed E-state index contributed by atoms with van der Waals surface area (Å²) in [6.45, 7) is 4.33. The zero-order valence-electron chi connectivity index (χ0n) is 12.5. The summed E-state index contributed by atoms with van der Waals surface area (Å²) in [6, 6.07) is 13.5. The first-order valence-electron chi connectivity index (χ1n) is 7.35. The average molecular weight is 339 g/mol. The summed E-state index contributed by atoms with van der Waals surface area (Å²) in [5.74, 6) is 0.887. The van der Waals surface area contributed by atoms with Crippen molar-refractivity contribution in [3.63, 3.8) is 0 Å². The summed E-state index contributed by atoms with van der Waals surface area (Å²) in [4.78, 5) is 0. The van der Waals surface area contributed by atoms with Crippen molar-refractivity contribution >= 4 is 34.6 Å². The molecule has 0 radical (unpaired) electrons. The van der Waals surface area contributed by atoms with Gasteiger partial charge >= 0.3 is 0 Å². The minimum Gasteiger partial charge on any atom is -0.494 e. The molecule has 0 atom stereocenters. The highest BCUT2D eigenvalue weighted by Crippen LogP contribution is 2.29. The van der Waals surface area contributed by atoms with Crippen LogP contribution in [0.25, 0.3) is 0 Å². The lowest BCUT2D eigenvalue weighted by molar-refractivity contribution is 0.317. The van der Waals surface area contributed by atoms with Crippen molar-refractivity contribution in [1.29, 1.82) is 0 Å². The van der Waals surface area contributed by atoms with Gasteiger partial charge in [0.15, 0.2) is 0 Å². The van der Waals surface area contributed by atoms with Gasteiger partial charge in [0.05, 0.1) is 22.3 Å². The van der Waals surface area contributed by atoms with Crippen molar-refractivity contribution < 1.29 is 4.74 Å². The Morgan fingerprint density at radius 2 is 1.77 bits per heavy atom. The van der Waals surface area contributed by atoms with Crippen LogP contribution in [-0.2, 0) is 0 Å². The van der Waals surface area contributed by atoms with E-state index in [-0.39, 0.29) is 0 Å². The Hall–Kier alpha value is -1.58. The zero-order valence-corrected chi connectivity index (χ0v) is 14.0. The minimum atomic E-state index is 0.555. The van der Waals surface area contributed by atoms with Crippen LogP contribution in [-0.4, -0.2) is 19.7 Å². The summed E-state index contributed by atoms with van der Waals surface area (Å²) in [5, 5.41) is 7.72. The van der Waals surface area contributed by atoms with E-state index in [1.165, 1.54) is 0 Å². The smallest absolute Gasteiger partial charge is 0.121 e. The van der Waals surface area contributed by atoms with Crippen LogP contribution in [0.2, 0.25) is 10.0 Å². The zero-order chi connectivity index (χ0) is 15.8. The molecule has 0 amide bonds. The number of nitrogens with one attached hydrogen (secondary N) is 2. The predicted molar refractivity (Wildman–Crippen MR) is 95.7 cm³/mol. The average Bonchev–Trinajstić information content (AvgIpc) is 2.54. The predicted octanol–water partition coefficient (Wildman–Crippen LogP) is 5.31. The Balaban J connectivity index is 1.80. The van der Waals surface area contributed by atoms with Crippen molar-refractivity contribution in [3.8, 4) is 5.75 Å². The normalized spacial score (nSPS) is 10.3. The number of benzene rings is 2. The van der Waals surface area contributed by atoms with E-state index in [4.69, 9.17) is 27.9 Å². The van der Waals surface area contributed by atoms with Crippen LogP contribution >= 0.6 is 23.2 Å². The van der Waals surface area contributed by atoms with Gasteiger partial charge in [-0.2, -0.15) is 0 Å². The van der Waals surface area contributed by atoms with Crippen LogP contribution < -0.4 is 15.4 Å².